The highest BCUT2D eigenvalue weighted by Crippen LogP contribution is 2.25. The highest BCUT2D eigenvalue weighted by molar-refractivity contribution is 5.36. The van der Waals surface area contributed by atoms with E-state index in [1.54, 1.807) is 25.4 Å². The van der Waals surface area contributed by atoms with Gasteiger partial charge >= 0.3 is 0 Å². The molecule has 0 saturated carbocycles. The Bertz CT molecular complexity index is 514. The number of pyridine rings is 1. The Hall–Kier alpha value is -1.94. The van der Waals surface area contributed by atoms with Gasteiger partial charge < -0.3 is 10.5 Å². The third-order valence-electron chi connectivity index (χ3n) is 2.58. The average molecular weight is 246 g/mol. The average Bonchev–Trinajstić information content (AvgIpc) is 2.38. The van der Waals surface area contributed by atoms with E-state index in [2.05, 4.69) is 4.98 Å². The van der Waals surface area contributed by atoms with Crippen molar-refractivity contribution in [2.45, 2.75) is 19.6 Å². The van der Waals surface area contributed by atoms with Gasteiger partial charge in [-0.1, -0.05) is 6.07 Å². The van der Waals surface area contributed by atoms with Gasteiger partial charge in [-0.3, -0.25) is 4.98 Å². The fourth-order valence-electron chi connectivity index (χ4n) is 1.65. The molecule has 0 amide bonds. The minimum absolute atomic E-state index is 0.274. The third-order valence-corrected chi connectivity index (χ3v) is 2.58. The maximum atomic E-state index is 13.1. The molecule has 2 N–H and O–H groups in total. The second-order valence-corrected chi connectivity index (χ2v) is 4.12. The molecule has 1 atom stereocenters. The van der Waals surface area contributed by atoms with Gasteiger partial charge in [0.1, 0.15) is 18.2 Å². The van der Waals surface area contributed by atoms with Gasteiger partial charge in [0.05, 0.1) is 0 Å². The lowest BCUT2D eigenvalue weighted by molar-refractivity contribution is 0.300. The molecule has 0 spiro atoms. The van der Waals surface area contributed by atoms with E-state index in [1.807, 2.05) is 12.1 Å². The van der Waals surface area contributed by atoms with Crippen molar-refractivity contribution in [1.82, 2.24) is 4.98 Å². The molecule has 1 heterocycles. The van der Waals surface area contributed by atoms with E-state index in [4.69, 9.17) is 10.5 Å². The van der Waals surface area contributed by atoms with Crippen LogP contribution in [0.1, 0.15) is 24.1 Å². The van der Waals surface area contributed by atoms with Crippen LogP contribution in [0.5, 0.6) is 5.75 Å². The van der Waals surface area contributed by atoms with Crippen LogP contribution >= 0.6 is 0 Å². The molecule has 0 aliphatic carbocycles. The lowest BCUT2D eigenvalue weighted by atomic mass is 10.1. The van der Waals surface area contributed by atoms with E-state index in [-0.39, 0.29) is 11.9 Å². The van der Waals surface area contributed by atoms with Crippen molar-refractivity contribution in [3.63, 3.8) is 0 Å². The molecule has 2 rings (SSSR count). The first-order chi connectivity index (χ1) is 8.66. The van der Waals surface area contributed by atoms with Crippen LogP contribution in [0.4, 0.5) is 4.39 Å². The molecule has 94 valence electrons. The van der Waals surface area contributed by atoms with Crippen molar-refractivity contribution in [3.8, 4) is 5.75 Å². The lowest BCUT2D eigenvalue weighted by Gasteiger charge is -2.14. The van der Waals surface area contributed by atoms with Crippen LogP contribution in [0.25, 0.3) is 0 Å². The number of aromatic nitrogens is 1. The summed E-state index contributed by atoms with van der Waals surface area (Å²) in [6.07, 6.45) is 3.43. The molecule has 1 aromatic carbocycles. The highest BCUT2D eigenvalue weighted by Gasteiger charge is 2.09. The first kappa shape index (κ1) is 12.5. The fourth-order valence-corrected chi connectivity index (χ4v) is 1.65. The van der Waals surface area contributed by atoms with Gasteiger partial charge in [-0.2, -0.15) is 0 Å². The SMILES string of the molecule is CC(N)c1cc(F)ccc1OCc1cccnc1. The Morgan fingerprint density at radius 3 is 2.89 bits per heavy atom. The normalized spacial score (nSPS) is 12.2. The van der Waals surface area contributed by atoms with Crippen LogP contribution in [-0.4, -0.2) is 4.98 Å². The number of hydrogen-bond donors (Lipinski definition) is 1. The molecule has 0 saturated heterocycles. The maximum absolute atomic E-state index is 13.1. The van der Waals surface area contributed by atoms with Gasteiger partial charge in [-0.05, 0) is 31.2 Å². The van der Waals surface area contributed by atoms with E-state index in [9.17, 15) is 4.39 Å². The van der Waals surface area contributed by atoms with Crippen molar-refractivity contribution in [2.75, 3.05) is 0 Å². The minimum atomic E-state index is -0.309. The number of rotatable bonds is 4. The summed E-state index contributed by atoms with van der Waals surface area (Å²) in [5, 5.41) is 0. The maximum Gasteiger partial charge on any atom is 0.124 e. The molecular formula is C14H15FN2O. The Balaban J connectivity index is 2.14. The molecule has 18 heavy (non-hydrogen) atoms. The number of hydrogen-bond acceptors (Lipinski definition) is 3. The molecule has 0 fully saturated rings. The zero-order chi connectivity index (χ0) is 13.0. The van der Waals surface area contributed by atoms with Crippen LogP contribution in [-0.2, 0) is 6.61 Å². The van der Waals surface area contributed by atoms with Crippen molar-refractivity contribution >= 4 is 0 Å². The number of benzene rings is 1. The van der Waals surface area contributed by atoms with Crippen LogP contribution in [0, 0.1) is 5.82 Å². The summed E-state index contributed by atoms with van der Waals surface area (Å²) < 4.78 is 18.8. The van der Waals surface area contributed by atoms with Gasteiger partial charge in [-0.25, -0.2) is 4.39 Å². The molecule has 3 nitrogen and oxygen atoms in total. The van der Waals surface area contributed by atoms with E-state index in [0.717, 1.165) is 5.56 Å². The topological polar surface area (TPSA) is 48.1 Å². The molecule has 0 bridgehead atoms. The van der Waals surface area contributed by atoms with E-state index in [1.165, 1.54) is 12.1 Å². The Labute approximate surface area is 105 Å². The highest BCUT2D eigenvalue weighted by atomic mass is 19.1. The second kappa shape index (κ2) is 5.60. The van der Waals surface area contributed by atoms with Gasteiger partial charge in [-0.15, -0.1) is 0 Å². The van der Waals surface area contributed by atoms with Gasteiger partial charge in [0, 0.05) is 29.6 Å². The number of nitrogens with zero attached hydrogens (tertiary/aromatic N) is 1. The largest absolute Gasteiger partial charge is 0.489 e. The predicted molar refractivity (Wildman–Crippen MR) is 67.6 cm³/mol. The molecule has 0 radical (unpaired) electrons. The molecule has 1 unspecified atom stereocenters. The molecular weight excluding hydrogens is 231 g/mol. The smallest absolute Gasteiger partial charge is 0.124 e. The van der Waals surface area contributed by atoms with Crippen LogP contribution < -0.4 is 10.5 Å². The van der Waals surface area contributed by atoms with Gasteiger partial charge in [0.25, 0.3) is 0 Å². The molecule has 0 aliphatic heterocycles. The summed E-state index contributed by atoms with van der Waals surface area (Å²) in [6.45, 7) is 2.19. The summed E-state index contributed by atoms with van der Waals surface area (Å²) in [4.78, 5) is 4.00. The van der Waals surface area contributed by atoms with E-state index in [0.29, 0.717) is 17.9 Å². The van der Waals surface area contributed by atoms with Crippen molar-refractivity contribution in [3.05, 3.63) is 59.7 Å². The number of ether oxygens (including phenoxy) is 1. The third kappa shape index (κ3) is 3.05. The summed E-state index contributed by atoms with van der Waals surface area (Å²) in [5.74, 6) is 0.297. The number of halogens is 1. The zero-order valence-corrected chi connectivity index (χ0v) is 10.1. The second-order valence-electron chi connectivity index (χ2n) is 4.12. The van der Waals surface area contributed by atoms with Crippen LogP contribution in [0.3, 0.4) is 0 Å². The summed E-state index contributed by atoms with van der Waals surface area (Å²) in [6, 6.07) is 7.86. The molecule has 2 aromatic rings. The lowest BCUT2D eigenvalue weighted by Crippen LogP contribution is -2.08. The number of nitrogens with two attached hydrogens (primary N) is 1. The Morgan fingerprint density at radius 2 is 2.22 bits per heavy atom. The predicted octanol–water partition coefficient (Wildman–Crippen LogP) is 2.82. The van der Waals surface area contributed by atoms with Crippen LogP contribution in [0.2, 0.25) is 0 Å². The van der Waals surface area contributed by atoms with Crippen molar-refractivity contribution in [1.29, 1.82) is 0 Å². The van der Waals surface area contributed by atoms with Gasteiger partial charge in [0.2, 0.25) is 0 Å². The van der Waals surface area contributed by atoms with Crippen LogP contribution in [0.15, 0.2) is 42.7 Å². The first-order valence-corrected chi connectivity index (χ1v) is 5.73. The van der Waals surface area contributed by atoms with E-state index >= 15 is 0 Å². The Kier molecular flexibility index (Phi) is 3.89. The molecule has 0 aliphatic rings. The zero-order valence-electron chi connectivity index (χ0n) is 10.1. The molecule has 1 aromatic heterocycles. The fraction of sp³-hybridized carbons (Fsp3) is 0.214. The first-order valence-electron chi connectivity index (χ1n) is 5.73. The summed E-state index contributed by atoms with van der Waals surface area (Å²) >= 11 is 0. The standard InChI is InChI=1S/C14H15FN2O/c1-10(16)13-7-12(15)4-5-14(13)18-9-11-3-2-6-17-8-11/h2-8,10H,9,16H2,1H3. The van der Waals surface area contributed by atoms with E-state index < -0.39 is 0 Å². The Morgan fingerprint density at radius 1 is 1.39 bits per heavy atom. The molecule has 4 heteroatoms. The monoisotopic (exact) mass is 246 g/mol. The van der Waals surface area contributed by atoms with Gasteiger partial charge in [0.15, 0.2) is 0 Å². The minimum Gasteiger partial charge on any atom is -0.489 e. The van der Waals surface area contributed by atoms with Crippen molar-refractivity contribution in [2.24, 2.45) is 5.73 Å². The quantitative estimate of drug-likeness (QED) is 0.902. The summed E-state index contributed by atoms with van der Waals surface area (Å²) in [7, 11) is 0. The summed E-state index contributed by atoms with van der Waals surface area (Å²) in [5.41, 5.74) is 7.41. The van der Waals surface area contributed by atoms with Crippen molar-refractivity contribution < 1.29 is 9.13 Å².